The molecule has 0 radical (unpaired) electrons. The summed E-state index contributed by atoms with van der Waals surface area (Å²) >= 11 is 0. The van der Waals surface area contributed by atoms with Crippen molar-refractivity contribution in [1.82, 2.24) is 4.90 Å². The zero-order valence-electron chi connectivity index (χ0n) is 9.60. The van der Waals surface area contributed by atoms with Crippen LogP contribution in [0.2, 0.25) is 0 Å². The van der Waals surface area contributed by atoms with Crippen molar-refractivity contribution in [3.05, 3.63) is 29.8 Å². The first-order valence-electron chi connectivity index (χ1n) is 5.53. The number of aromatic carboxylic acids is 1. The first-order chi connectivity index (χ1) is 8.46. The molecule has 0 saturated carbocycles. The van der Waals surface area contributed by atoms with E-state index in [0.29, 0.717) is 12.3 Å². The summed E-state index contributed by atoms with van der Waals surface area (Å²) in [7, 11) is 0. The number of hydrogen-bond donors (Lipinski definition) is 1. The van der Waals surface area contributed by atoms with E-state index in [-0.39, 0.29) is 25.3 Å². The number of carbonyl (C=O) groups is 1. The molecule has 1 aliphatic rings. The van der Waals surface area contributed by atoms with E-state index in [9.17, 15) is 13.6 Å². The van der Waals surface area contributed by atoms with E-state index in [0.717, 1.165) is 0 Å². The molecule has 18 heavy (non-hydrogen) atoms. The van der Waals surface area contributed by atoms with E-state index in [1.807, 2.05) is 0 Å². The van der Waals surface area contributed by atoms with Crippen LogP contribution in [0.5, 0.6) is 5.75 Å². The summed E-state index contributed by atoms with van der Waals surface area (Å²) in [6, 6.07) is 5.85. The van der Waals surface area contributed by atoms with Crippen LogP contribution in [0.1, 0.15) is 16.8 Å². The summed E-state index contributed by atoms with van der Waals surface area (Å²) in [5.41, 5.74) is 0.162. The van der Waals surface area contributed by atoms with E-state index < -0.39 is 11.9 Å². The van der Waals surface area contributed by atoms with Gasteiger partial charge in [-0.05, 0) is 24.3 Å². The Labute approximate surface area is 103 Å². The zero-order valence-corrected chi connectivity index (χ0v) is 9.60. The van der Waals surface area contributed by atoms with Crippen LogP contribution in [-0.2, 0) is 0 Å². The molecule has 1 aliphatic heterocycles. The number of carboxylic acid groups (broad SMARTS) is 1. The Hall–Kier alpha value is -1.69. The number of nitrogens with zero attached hydrogens (tertiary/aromatic N) is 1. The summed E-state index contributed by atoms with van der Waals surface area (Å²) < 4.78 is 31.1. The third-order valence-electron chi connectivity index (χ3n) is 2.76. The van der Waals surface area contributed by atoms with E-state index in [1.165, 1.54) is 29.2 Å². The van der Waals surface area contributed by atoms with Crippen LogP contribution in [0.15, 0.2) is 24.3 Å². The number of carboxylic acids is 1. The van der Waals surface area contributed by atoms with Gasteiger partial charge in [-0.2, -0.15) is 0 Å². The van der Waals surface area contributed by atoms with E-state index in [4.69, 9.17) is 9.84 Å². The van der Waals surface area contributed by atoms with Crippen molar-refractivity contribution < 1.29 is 23.4 Å². The van der Waals surface area contributed by atoms with Crippen molar-refractivity contribution in [1.29, 1.82) is 0 Å². The highest BCUT2D eigenvalue weighted by Crippen LogP contribution is 2.26. The minimum Gasteiger partial charge on any atom is -0.478 e. The molecule has 6 heteroatoms. The highest BCUT2D eigenvalue weighted by atomic mass is 19.3. The molecule has 1 saturated heterocycles. The predicted molar refractivity (Wildman–Crippen MR) is 60.0 cm³/mol. The second kappa shape index (κ2) is 4.89. The maximum absolute atomic E-state index is 12.9. The van der Waals surface area contributed by atoms with Crippen LogP contribution >= 0.6 is 0 Å². The largest absolute Gasteiger partial charge is 0.478 e. The van der Waals surface area contributed by atoms with Gasteiger partial charge < -0.3 is 9.84 Å². The van der Waals surface area contributed by atoms with Crippen LogP contribution in [-0.4, -0.2) is 41.7 Å². The summed E-state index contributed by atoms with van der Waals surface area (Å²) in [6.45, 7) is 0.0996. The van der Waals surface area contributed by atoms with Crippen molar-refractivity contribution in [3.8, 4) is 5.75 Å². The third kappa shape index (κ3) is 3.16. The molecule has 4 nitrogen and oxygen atoms in total. The zero-order chi connectivity index (χ0) is 13.2. The maximum Gasteiger partial charge on any atom is 0.335 e. The Balaban J connectivity index is 1.85. The van der Waals surface area contributed by atoms with Crippen molar-refractivity contribution in [3.63, 3.8) is 0 Å². The van der Waals surface area contributed by atoms with Crippen molar-refractivity contribution >= 4 is 5.97 Å². The molecule has 0 aliphatic carbocycles. The van der Waals surface area contributed by atoms with Crippen molar-refractivity contribution in [2.75, 3.05) is 19.8 Å². The molecular formula is C12H13F2NO3. The number of rotatable bonds is 4. The van der Waals surface area contributed by atoms with Gasteiger partial charge in [0, 0.05) is 13.0 Å². The maximum atomic E-state index is 12.9. The molecule has 0 amide bonds. The summed E-state index contributed by atoms with van der Waals surface area (Å²) in [5.74, 6) is -3.17. The molecule has 0 atom stereocenters. The molecule has 1 aromatic carbocycles. The molecule has 1 N–H and O–H groups in total. The van der Waals surface area contributed by atoms with Crippen molar-refractivity contribution in [2.45, 2.75) is 12.3 Å². The van der Waals surface area contributed by atoms with Gasteiger partial charge in [-0.3, -0.25) is 4.90 Å². The van der Waals surface area contributed by atoms with Gasteiger partial charge in [-0.1, -0.05) is 0 Å². The lowest BCUT2D eigenvalue weighted by Gasteiger charge is -2.16. The number of alkyl halides is 2. The fraction of sp³-hybridized carbons (Fsp3) is 0.417. The molecular weight excluding hydrogens is 244 g/mol. The van der Waals surface area contributed by atoms with Gasteiger partial charge in [0.1, 0.15) is 12.5 Å². The summed E-state index contributed by atoms with van der Waals surface area (Å²) in [4.78, 5) is 12.1. The quantitative estimate of drug-likeness (QED) is 0.897. The van der Waals surface area contributed by atoms with Gasteiger partial charge in [0.25, 0.3) is 5.92 Å². The molecule has 98 valence electrons. The molecule has 2 rings (SSSR count). The number of benzene rings is 1. The van der Waals surface area contributed by atoms with E-state index in [1.54, 1.807) is 0 Å². The Morgan fingerprint density at radius 1 is 1.39 bits per heavy atom. The smallest absolute Gasteiger partial charge is 0.335 e. The standard InChI is InChI=1S/C12H13F2NO3/c13-12(14)5-6-15(7-12)8-18-10-3-1-9(2-4-10)11(16)17/h1-4H,5-8H2,(H,16,17). The first kappa shape index (κ1) is 12.8. The number of likely N-dealkylation sites (tertiary alicyclic amines) is 1. The molecule has 0 unspecified atom stereocenters. The summed E-state index contributed by atoms with van der Waals surface area (Å²) in [5, 5.41) is 8.70. The molecule has 1 aromatic rings. The fourth-order valence-electron chi connectivity index (χ4n) is 1.78. The van der Waals surface area contributed by atoms with Crippen LogP contribution in [0, 0.1) is 0 Å². The number of halogens is 2. The highest BCUT2D eigenvalue weighted by molar-refractivity contribution is 5.87. The topological polar surface area (TPSA) is 49.8 Å². The second-order valence-electron chi connectivity index (χ2n) is 4.26. The van der Waals surface area contributed by atoms with E-state index in [2.05, 4.69) is 0 Å². The average molecular weight is 257 g/mol. The van der Waals surface area contributed by atoms with Crippen molar-refractivity contribution in [2.24, 2.45) is 0 Å². The lowest BCUT2D eigenvalue weighted by molar-refractivity contribution is 0.00417. The van der Waals surface area contributed by atoms with E-state index >= 15 is 0 Å². The lowest BCUT2D eigenvalue weighted by atomic mass is 10.2. The van der Waals surface area contributed by atoms with Crippen LogP contribution in [0.25, 0.3) is 0 Å². The SMILES string of the molecule is O=C(O)c1ccc(OCN2CCC(F)(F)C2)cc1. The predicted octanol–water partition coefficient (Wildman–Crippen LogP) is 2.06. The monoisotopic (exact) mass is 257 g/mol. The van der Waals surface area contributed by atoms with Gasteiger partial charge in [-0.15, -0.1) is 0 Å². The number of hydrogen-bond acceptors (Lipinski definition) is 3. The molecule has 0 aromatic heterocycles. The van der Waals surface area contributed by atoms with Crippen LogP contribution < -0.4 is 4.74 Å². The normalized spacial score (nSPS) is 18.8. The lowest BCUT2D eigenvalue weighted by Crippen LogP contribution is -2.28. The molecule has 0 spiro atoms. The van der Waals surface area contributed by atoms with Gasteiger partial charge in [0.05, 0.1) is 12.1 Å². The minimum absolute atomic E-state index is 0.0853. The van der Waals surface area contributed by atoms with Gasteiger partial charge in [-0.25, -0.2) is 13.6 Å². The Kier molecular flexibility index (Phi) is 3.47. The molecule has 0 bridgehead atoms. The van der Waals surface area contributed by atoms with Gasteiger partial charge >= 0.3 is 5.97 Å². The van der Waals surface area contributed by atoms with Gasteiger partial charge in [0.2, 0.25) is 0 Å². The summed E-state index contributed by atoms with van der Waals surface area (Å²) in [6.07, 6.45) is -0.145. The molecule has 1 heterocycles. The van der Waals surface area contributed by atoms with Gasteiger partial charge in [0.15, 0.2) is 0 Å². The molecule has 1 fully saturated rings. The Morgan fingerprint density at radius 3 is 2.56 bits per heavy atom. The third-order valence-corrected chi connectivity index (χ3v) is 2.76. The number of ether oxygens (including phenoxy) is 1. The average Bonchev–Trinajstić information content (AvgIpc) is 2.67. The van der Waals surface area contributed by atoms with Crippen LogP contribution in [0.3, 0.4) is 0 Å². The Morgan fingerprint density at radius 2 is 2.06 bits per heavy atom. The fourth-order valence-corrected chi connectivity index (χ4v) is 1.78. The highest BCUT2D eigenvalue weighted by Gasteiger charge is 2.38. The Bertz CT molecular complexity index is 433. The minimum atomic E-state index is -2.63. The second-order valence-corrected chi connectivity index (χ2v) is 4.26. The van der Waals surface area contributed by atoms with Crippen LogP contribution in [0.4, 0.5) is 8.78 Å². The first-order valence-corrected chi connectivity index (χ1v) is 5.53.